The Morgan fingerprint density at radius 1 is 1.46 bits per heavy atom. The average molecular weight is 174 g/mol. The van der Waals surface area contributed by atoms with Gasteiger partial charge in [-0.2, -0.15) is 0 Å². The van der Waals surface area contributed by atoms with E-state index in [0.29, 0.717) is 6.54 Å². The molecule has 1 heterocycles. The Kier molecular flexibility index (Phi) is 2.41. The highest BCUT2D eigenvalue weighted by Crippen LogP contribution is 2.19. The van der Waals surface area contributed by atoms with Crippen LogP contribution in [0.3, 0.4) is 0 Å². The fraction of sp³-hybridized carbons (Fsp3) is 0.364. The van der Waals surface area contributed by atoms with E-state index in [0.717, 1.165) is 12.8 Å². The summed E-state index contributed by atoms with van der Waals surface area (Å²) in [5.74, 6) is 0. The summed E-state index contributed by atoms with van der Waals surface area (Å²) in [6, 6.07) is 2.01. The van der Waals surface area contributed by atoms with Crippen molar-refractivity contribution in [2.24, 2.45) is 5.73 Å². The van der Waals surface area contributed by atoms with Gasteiger partial charge < -0.3 is 5.73 Å². The molecule has 0 fully saturated rings. The van der Waals surface area contributed by atoms with Crippen LogP contribution in [0.1, 0.15) is 29.7 Å². The quantitative estimate of drug-likeness (QED) is 0.706. The highest BCUT2D eigenvalue weighted by Gasteiger charge is 2.07. The third-order valence-electron chi connectivity index (χ3n) is 2.45. The van der Waals surface area contributed by atoms with E-state index in [2.05, 4.69) is 17.1 Å². The standard InChI is InChI=1S/C11H14N2/c12-8-9-6-7-13-11-5-3-1-2-4-10(9)11/h2,4,6-7H,1,3,5,8,12H2. The number of allylic oxidation sites excluding steroid dienone is 1. The highest BCUT2D eigenvalue weighted by atomic mass is 14.7. The molecule has 2 nitrogen and oxygen atoms in total. The lowest BCUT2D eigenvalue weighted by atomic mass is 10.1. The first-order valence-corrected chi connectivity index (χ1v) is 4.75. The molecule has 0 spiro atoms. The zero-order valence-corrected chi connectivity index (χ0v) is 7.66. The lowest BCUT2D eigenvalue weighted by molar-refractivity contribution is 0.823. The number of hydrogen-bond donors (Lipinski definition) is 1. The van der Waals surface area contributed by atoms with Crippen molar-refractivity contribution in [1.82, 2.24) is 4.98 Å². The van der Waals surface area contributed by atoms with Gasteiger partial charge in [-0.15, -0.1) is 0 Å². The van der Waals surface area contributed by atoms with Crippen molar-refractivity contribution in [2.45, 2.75) is 25.8 Å². The minimum atomic E-state index is 0.606. The van der Waals surface area contributed by atoms with Crippen LogP contribution in [0.4, 0.5) is 0 Å². The Labute approximate surface area is 78.5 Å². The van der Waals surface area contributed by atoms with E-state index in [4.69, 9.17) is 5.73 Å². The monoisotopic (exact) mass is 174 g/mol. The molecule has 1 aliphatic carbocycles. The largest absolute Gasteiger partial charge is 0.326 e. The fourth-order valence-electron chi connectivity index (χ4n) is 1.73. The first kappa shape index (κ1) is 8.45. The Hall–Kier alpha value is -1.15. The molecule has 2 rings (SSSR count). The van der Waals surface area contributed by atoms with Crippen LogP contribution in [0.2, 0.25) is 0 Å². The molecule has 1 aromatic heterocycles. The molecule has 2 heteroatoms. The van der Waals surface area contributed by atoms with Crippen LogP contribution >= 0.6 is 0 Å². The van der Waals surface area contributed by atoms with Gasteiger partial charge in [0, 0.05) is 24.0 Å². The van der Waals surface area contributed by atoms with Gasteiger partial charge in [-0.25, -0.2) is 0 Å². The number of nitrogens with two attached hydrogens (primary N) is 1. The summed E-state index contributed by atoms with van der Waals surface area (Å²) in [7, 11) is 0. The van der Waals surface area contributed by atoms with Gasteiger partial charge in [-0.1, -0.05) is 12.2 Å². The lowest BCUT2D eigenvalue weighted by Gasteiger charge is -2.06. The van der Waals surface area contributed by atoms with Gasteiger partial charge >= 0.3 is 0 Å². The molecule has 0 unspecified atom stereocenters. The second-order valence-corrected chi connectivity index (χ2v) is 3.33. The minimum Gasteiger partial charge on any atom is -0.326 e. The lowest BCUT2D eigenvalue weighted by Crippen LogP contribution is -2.03. The Morgan fingerprint density at radius 3 is 3.23 bits per heavy atom. The topological polar surface area (TPSA) is 38.9 Å². The number of fused-ring (bicyclic) bond motifs is 1. The van der Waals surface area contributed by atoms with E-state index in [1.54, 1.807) is 0 Å². The number of hydrogen-bond acceptors (Lipinski definition) is 2. The van der Waals surface area contributed by atoms with Crippen molar-refractivity contribution in [3.63, 3.8) is 0 Å². The normalized spacial score (nSPS) is 15.2. The van der Waals surface area contributed by atoms with Crippen molar-refractivity contribution in [1.29, 1.82) is 0 Å². The summed E-state index contributed by atoms with van der Waals surface area (Å²) in [6.07, 6.45) is 9.67. The van der Waals surface area contributed by atoms with Crippen LogP contribution in [0, 0.1) is 0 Å². The van der Waals surface area contributed by atoms with E-state index >= 15 is 0 Å². The molecule has 0 aromatic carbocycles. The Balaban J connectivity index is 2.50. The Bertz CT molecular complexity index is 329. The van der Waals surface area contributed by atoms with Gasteiger partial charge in [-0.3, -0.25) is 4.98 Å². The van der Waals surface area contributed by atoms with E-state index in [1.165, 1.54) is 23.2 Å². The van der Waals surface area contributed by atoms with Gasteiger partial charge in [-0.05, 0) is 30.9 Å². The first-order valence-electron chi connectivity index (χ1n) is 4.75. The van der Waals surface area contributed by atoms with Crippen LogP contribution in [0.5, 0.6) is 0 Å². The first-order chi connectivity index (χ1) is 6.42. The zero-order chi connectivity index (χ0) is 9.10. The van der Waals surface area contributed by atoms with Crippen molar-refractivity contribution in [2.75, 3.05) is 0 Å². The molecule has 0 radical (unpaired) electrons. The molecule has 0 saturated carbocycles. The molecular formula is C11H14N2. The van der Waals surface area contributed by atoms with E-state index in [1.807, 2.05) is 12.3 Å². The van der Waals surface area contributed by atoms with Crippen molar-refractivity contribution in [3.8, 4) is 0 Å². The third kappa shape index (κ3) is 1.63. The van der Waals surface area contributed by atoms with Gasteiger partial charge in [0.1, 0.15) is 0 Å². The molecule has 0 atom stereocenters. The maximum absolute atomic E-state index is 5.66. The summed E-state index contributed by atoms with van der Waals surface area (Å²) in [5.41, 5.74) is 9.33. The molecule has 1 aliphatic rings. The molecule has 68 valence electrons. The molecule has 2 N–H and O–H groups in total. The molecule has 0 amide bonds. The Morgan fingerprint density at radius 2 is 2.38 bits per heavy atom. The summed E-state index contributed by atoms with van der Waals surface area (Å²) in [5, 5.41) is 0. The average Bonchev–Trinajstić information content (AvgIpc) is 2.41. The molecule has 0 aliphatic heterocycles. The summed E-state index contributed by atoms with van der Waals surface area (Å²) >= 11 is 0. The molecule has 0 saturated heterocycles. The van der Waals surface area contributed by atoms with Crippen molar-refractivity contribution >= 4 is 6.08 Å². The third-order valence-corrected chi connectivity index (χ3v) is 2.45. The van der Waals surface area contributed by atoms with Gasteiger partial charge in [0.25, 0.3) is 0 Å². The fourth-order valence-corrected chi connectivity index (χ4v) is 1.73. The van der Waals surface area contributed by atoms with Gasteiger partial charge in [0.15, 0.2) is 0 Å². The van der Waals surface area contributed by atoms with Crippen LogP contribution in [0.25, 0.3) is 6.08 Å². The van der Waals surface area contributed by atoms with Crippen molar-refractivity contribution in [3.05, 3.63) is 35.2 Å². The summed E-state index contributed by atoms with van der Waals surface area (Å²) in [4.78, 5) is 4.38. The zero-order valence-electron chi connectivity index (χ0n) is 7.66. The van der Waals surface area contributed by atoms with Gasteiger partial charge in [0.05, 0.1) is 0 Å². The predicted molar refractivity (Wildman–Crippen MR) is 54.1 cm³/mol. The molecule has 1 aromatic rings. The predicted octanol–water partition coefficient (Wildman–Crippen LogP) is 1.89. The van der Waals surface area contributed by atoms with Crippen LogP contribution in [-0.2, 0) is 13.0 Å². The summed E-state index contributed by atoms with van der Waals surface area (Å²) in [6.45, 7) is 0.606. The van der Waals surface area contributed by atoms with Crippen molar-refractivity contribution < 1.29 is 0 Å². The second kappa shape index (κ2) is 3.71. The smallest absolute Gasteiger partial charge is 0.0479 e. The van der Waals surface area contributed by atoms with Gasteiger partial charge in [0.2, 0.25) is 0 Å². The minimum absolute atomic E-state index is 0.606. The number of aromatic nitrogens is 1. The highest BCUT2D eigenvalue weighted by molar-refractivity contribution is 5.56. The van der Waals surface area contributed by atoms with E-state index in [-0.39, 0.29) is 0 Å². The molecule has 13 heavy (non-hydrogen) atoms. The van der Waals surface area contributed by atoms with Crippen LogP contribution in [0.15, 0.2) is 18.3 Å². The maximum Gasteiger partial charge on any atom is 0.0479 e. The SMILES string of the molecule is NCc1ccnc2c1C=CCCC2. The second-order valence-electron chi connectivity index (χ2n) is 3.33. The van der Waals surface area contributed by atoms with E-state index in [9.17, 15) is 0 Å². The van der Waals surface area contributed by atoms with E-state index < -0.39 is 0 Å². The number of aryl methyl sites for hydroxylation is 1. The summed E-state index contributed by atoms with van der Waals surface area (Å²) < 4.78 is 0. The number of pyridine rings is 1. The molecule has 0 bridgehead atoms. The molecular weight excluding hydrogens is 160 g/mol. The maximum atomic E-state index is 5.66. The van der Waals surface area contributed by atoms with Crippen LogP contribution < -0.4 is 5.73 Å². The number of rotatable bonds is 1. The van der Waals surface area contributed by atoms with Crippen LogP contribution in [-0.4, -0.2) is 4.98 Å². The number of nitrogens with zero attached hydrogens (tertiary/aromatic N) is 1.